The first-order chi connectivity index (χ1) is 9.00. The van der Waals surface area contributed by atoms with Gasteiger partial charge < -0.3 is 20.8 Å². The maximum Gasteiger partial charge on any atom is 0.332 e. The van der Waals surface area contributed by atoms with Crippen LogP contribution in [0.15, 0.2) is 0 Å². The van der Waals surface area contributed by atoms with E-state index in [0.717, 1.165) is 19.3 Å². The van der Waals surface area contributed by atoms with Gasteiger partial charge in [-0.15, -0.1) is 0 Å². The zero-order valence-corrected chi connectivity index (χ0v) is 11.4. The molecule has 2 unspecified atom stereocenters. The van der Waals surface area contributed by atoms with Gasteiger partial charge in [0.25, 0.3) is 0 Å². The zero-order valence-electron chi connectivity index (χ0n) is 11.4. The monoisotopic (exact) mass is 272 g/mol. The Bertz CT molecular complexity index is 309. The quantitative estimate of drug-likeness (QED) is 0.563. The van der Waals surface area contributed by atoms with Crippen LogP contribution in [0.5, 0.6) is 0 Å². The molecule has 1 saturated carbocycles. The summed E-state index contributed by atoms with van der Waals surface area (Å²) in [5.74, 6) is -0.794. The van der Waals surface area contributed by atoms with Gasteiger partial charge in [0.1, 0.15) is 0 Å². The van der Waals surface area contributed by atoms with Gasteiger partial charge in [-0.05, 0) is 18.8 Å². The van der Waals surface area contributed by atoms with Gasteiger partial charge in [0.15, 0.2) is 6.10 Å². The molecule has 0 spiro atoms. The molecular weight excluding hydrogens is 248 g/mol. The molecule has 0 aromatic heterocycles. The lowest BCUT2D eigenvalue weighted by atomic mass is 9.97. The SMILES string of the molecule is CC1CCCCCC1NC(=O)NCC[C@H](O)C(=O)O. The highest BCUT2D eigenvalue weighted by atomic mass is 16.4. The Morgan fingerprint density at radius 3 is 2.63 bits per heavy atom. The van der Waals surface area contributed by atoms with Gasteiger partial charge >= 0.3 is 12.0 Å². The van der Waals surface area contributed by atoms with Crippen LogP contribution in [0, 0.1) is 5.92 Å². The van der Waals surface area contributed by atoms with Crippen molar-refractivity contribution in [3.05, 3.63) is 0 Å². The molecule has 4 N–H and O–H groups in total. The van der Waals surface area contributed by atoms with Crippen molar-refractivity contribution >= 4 is 12.0 Å². The summed E-state index contributed by atoms with van der Waals surface area (Å²) in [4.78, 5) is 22.1. The molecule has 0 heterocycles. The van der Waals surface area contributed by atoms with E-state index < -0.39 is 12.1 Å². The van der Waals surface area contributed by atoms with Crippen molar-refractivity contribution in [1.29, 1.82) is 0 Å². The number of amides is 2. The van der Waals surface area contributed by atoms with Crippen molar-refractivity contribution in [2.75, 3.05) is 6.54 Å². The number of nitrogens with one attached hydrogen (secondary N) is 2. The highest BCUT2D eigenvalue weighted by Crippen LogP contribution is 2.22. The molecule has 1 rings (SSSR count). The summed E-state index contributed by atoms with van der Waals surface area (Å²) in [6.07, 6.45) is 4.28. The first-order valence-electron chi connectivity index (χ1n) is 6.96. The molecule has 0 bridgehead atoms. The van der Waals surface area contributed by atoms with Crippen molar-refractivity contribution in [3.8, 4) is 0 Å². The maximum atomic E-state index is 11.7. The minimum atomic E-state index is -1.42. The third-order valence-electron chi connectivity index (χ3n) is 3.67. The summed E-state index contributed by atoms with van der Waals surface area (Å²) >= 11 is 0. The van der Waals surface area contributed by atoms with Crippen LogP contribution in [0.1, 0.15) is 45.4 Å². The Morgan fingerprint density at radius 2 is 1.95 bits per heavy atom. The van der Waals surface area contributed by atoms with Crippen molar-refractivity contribution in [1.82, 2.24) is 10.6 Å². The van der Waals surface area contributed by atoms with Crippen LogP contribution in [0.25, 0.3) is 0 Å². The molecule has 110 valence electrons. The fourth-order valence-electron chi connectivity index (χ4n) is 2.37. The van der Waals surface area contributed by atoms with E-state index in [1.165, 1.54) is 12.8 Å². The molecule has 2 amide bonds. The van der Waals surface area contributed by atoms with Gasteiger partial charge in [0.2, 0.25) is 0 Å². The number of carboxylic acids is 1. The number of aliphatic carboxylic acids is 1. The molecule has 1 aliphatic rings. The molecule has 0 saturated heterocycles. The number of rotatable bonds is 5. The van der Waals surface area contributed by atoms with Crippen LogP contribution >= 0.6 is 0 Å². The molecule has 1 aliphatic carbocycles. The highest BCUT2D eigenvalue weighted by molar-refractivity contribution is 5.74. The molecule has 6 heteroatoms. The topological polar surface area (TPSA) is 98.7 Å². The number of aliphatic hydroxyl groups excluding tert-OH is 1. The number of carbonyl (C=O) groups excluding carboxylic acids is 1. The first kappa shape index (κ1) is 15.8. The summed E-state index contributed by atoms with van der Waals surface area (Å²) in [5.41, 5.74) is 0. The average molecular weight is 272 g/mol. The molecule has 19 heavy (non-hydrogen) atoms. The predicted octanol–water partition coefficient (Wildman–Crippen LogP) is 1.09. The lowest BCUT2D eigenvalue weighted by Crippen LogP contribution is -2.45. The molecule has 1 fully saturated rings. The molecule has 0 aromatic rings. The number of hydrogen-bond acceptors (Lipinski definition) is 3. The smallest absolute Gasteiger partial charge is 0.332 e. The van der Waals surface area contributed by atoms with Gasteiger partial charge in [-0.3, -0.25) is 0 Å². The Balaban J connectivity index is 2.24. The van der Waals surface area contributed by atoms with Crippen LogP contribution in [0.3, 0.4) is 0 Å². The highest BCUT2D eigenvalue weighted by Gasteiger charge is 2.21. The van der Waals surface area contributed by atoms with Crippen molar-refractivity contribution in [2.24, 2.45) is 5.92 Å². The van der Waals surface area contributed by atoms with Crippen molar-refractivity contribution in [2.45, 2.75) is 57.6 Å². The van der Waals surface area contributed by atoms with Crippen LogP contribution < -0.4 is 10.6 Å². The van der Waals surface area contributed by atoms with Crippen molar-refractivity contribution in [3.63, 3.8) is 0 Å². The van der Waals surface area contributed by atoms with Crippen LogP contribution in [0.2, 0.25) is 0 Å². The van der Waals surface area contributed by atoms with E-state index in [0.29, 0.717) is 5.92 Å². The second-order valence-corrected chi connectivity index (χ2v) is 5.26. The van der Waals surface area contributed by atoms with Crippen LogP contribution in [-0.2, 0) is 4.79 Å². The van der Waals surface area contributed by atoms with E-state index in [4.69, 9.17) is 10.2 Å². The third kappa shape index (κ3) is 5.92. The molecule has 0 aliphatic heterocycles. The number of aliphatic hydroxyl groups is 1. The summed E-state index contributed by atoms with van der Waals surface area (Å²) in [6.45, 7) is 2.30. The number of urea groups is 1. The standard InChI is InChI=1S/C13H24N2O4/c1-9-5-3-2-4-6-10(9)15-13(19)14-8-7-11(16)12(17)18/h9-11,16H,2-8H2,1H3,(H,17,18)(H2,14,15,19)/t9?,10?,11-/m0/s1. The summed E-state index contributed by atoms with van der Waals surface area (Å²) < 4.78 is 0. The predicted molar refractivity (Wildman–Crippen MR) is 70.8 cm³/mol. The van der Waals surface area contributed by atoms with E-state index in [1.54, 1.807) is 0 Å². The van der Waals surface area contributed by atoms with Crippen LogP contribution in [0.4, 0.5) is 4.79 Å². The normalized spacial score (nSPS) is 25.2. The van der Waals surface area contributed by atoms with E-state index in [1.807, 2.05) is 0 Å². The maximum absolute atomic E-state index is 11.7. The Kier molecular flexibility index (Phi) is 6.62. The Hall–Kier alpha value is -1.30. The van der Waals surface area contributed by atoms with Crippen LogP contribution in [-0.4, -0.2) is 40.9 Å². The Morgan fingerprint density at radius 1 is 1.26 bits per heavy atom. The Labute approximate surface area is 113 Å². The molecule has 0 radical (unpaired) electrons. The minimum absolute atomic E-state index is 0.0168. The van der Waals surface area contributed by atoms with Gasteiger partial charge in [-0.25, -0.2) is 9.59 Å². The molecule has 0 aromatic carbocycles. The fourth-order valence-corrected chi connectivity index (χ4v) is 2.37. The fraction of sp³-hybridized carbons (Fsp3) is 0.846. The first-order valence-corrected chi connectivity index (χ1v) is 6.96. The molecular formula is C13H24N2O4. The van der Waals surface area contributed by atoms with Crippen molar-refractivity contribution < 1.29 is 19.8 Å². The number of carbonyl (C=O) groups is 2. The largest absolute Gasteiger partial charge is 0.479 e. The second-order valence-electron chi connectivity index (χ2n) is 5.26. The summed E-state index contributed by atoms with van der Waals surface area (Å²) in [5, 5.41) is 23.1. The minimum Gasteiger partial charge on any atom is -0.479 e. The van der Waals surface area contributed by atoms with Gasteiger partial charge in [-0.1, -0.05) is 26.2 Å². The van der Waals surface area contributed by atoms with Gasteiger partial charge in [-0.2, -0.15) is 0 Å². The van der Waals surface area contributed by atoms with E-state index >= 15 is 0 Å². The van der Waals surface area contributed by atoms with Gasteiger partial charge in [0.05, 0.1) is 0 Å². The van der Waals surface area contributed by atoms with Gasteiger partial charge in [0, 0.05) is 19.0 Å². The summed E-state index contributed by atoms with van der Waals surface area (Å²) in [6, 6.07) is -0.0942. The number of carboxylic acid groups (broad SMARTS) is 1. The summed E-state index contributed by atoms with van der Waals surface area (Å²) in [7, 11) is 0. The zero-order chi connectivity index (χ0) is 14.3. The molecule has 3 atom stereocenters. The second kappa shape index (κ2) is 7.99. The average Bonchev–Trinajstić information content (AvgIpc) is 2.54. The lowest BCUT2D eigenvalue weighted by molar-refractivity contribution is -0.146. The third-order valence-corrected chi connectivity index (χ3v) is 3.67. The lowest BCUT2D eigenvalue weighted by Gasteiger charge is -2.23. The van der Waals surface area contributed by atoms with E-state index in [9.17, 15) is 9.59 Å². The van der Waals surface area contributed by atoms with E-state index in [-0.39, 0.29) is 25.0 Å². The van der Waals surface area contributed by atoms with E-state index in [2.05, 4.69) is 17.6 Å². The number of hydrogen-bond donors (Lipinski definition) is 4. The molecule has 6 nitrogen and oxygen atoms in total.